The summed E-state index contributed by atoms with van der Waals surface area (Å²) in [5.41, 5.74) is 2.81. The van der Waals surface area contributed by atoms with Crippen LogP contribution in [0.5, 0.6) is 5.75 Å². The topological polar surface area (TPSA) is 61.9 Å². The molecule has 1 fully saturated rings. The predicted molar refractivity (Wildman–Crippen MR) is 106 cm³/mol. The molecule has 0 spiro atoms. The number of hydrogen-bond acceptors (Lipinski definition) is 4. The van der Waals surface area contributed by atoms with E-state index in [0.29, 0.717) is 31.9 Å². The maximum atomic E-state index is 12.5. The first kappa shape index (κ1) is 18.8. The molecule has 1 N–H and O–H groups in total. The third-order valence-corrected chi connectivity index (χ3v) is 4.85. The van der Waals surface area contributed by atoms with Gasteiger partial charge in [-0.2, -0.15) is 0 Å². The molecular weight excluding hydrogens is 342 g/mol. The van der Waals surface area contributed by atoms with Gasteiger partial charge in [0.25, 0.3) is 0 Å². The third-order valence-electron chi connectivity index (χ3n) is 4.85. The first-order valence-electron chi connectivity index (χ1n) is 9.19. The Labute approximate surface area is 159 Å². The van der Waals surface area contributed by atoms with Gasteiger partial charge in [-0.3, -0.25) is 9.59 Å². The fourth-order valence-corrected chi connectivity index (χ4v) is 3.23. The second kappa shape index (κ2) is 8.58. The van der Waals surface area contributed by atoms with E-state index < -0.39 is 11.8 Å². The number of amides is 2. The zero-order valence-corrected chi connectivity index (χ0v) is 15.8. The average Bonchev–Trinajstić information content (AvgIpc) is 2.73. The largest absolute Gasteiger partial charge is 0.497 e. The Balaban J connectivity index is 1.56. The van der Waals surface area contributed by atoms with Crippen molar-refractivity contribution in [2.75, 3.05) is 43.5 Å². The standard InChI is InChI=1S/C21H25N3O3/c1-3-16-6-4-5-7-19(16)22-20(25)21(26)24-14-12-23(13-15-24)17-8-10-18(27-2)11-9-17/h4-11H,3,12-15H2,1-2H3,(H,22,25). The minimum Gasteiger partial charge on any atom is -0.497 e. The minimum atomic E-state index is -0.575. The number of methoxy groups -OCH3 is 1. The summed E-state index contributed by atoms with van der Waals surface area (Å²) in [6.07, 6.45) is 0.797. The van der Waals surface area contributed by atoms with Gasteiger partial charge in [-0.05, 0) is 42.3 Å². The molecule has 27 heavy (non-hydrogen) atoms. The number of para-hydroxylation sites is 1. The number of benzene rings is 2. The minimum absolute atomic E-state index is 0.477. The van der Waals surface area contributed by atoms with E-state index in [1.807, 2.05) is 55.5 Å². The van der Waals surface area contributed by atoms with Crippen LogP contribution in [0.3, 0.4) is 0 Å². The fraction of sp³-hybridized carbons (Fsp3) is 0.333. The number of carbonyl (C=O) groups excluding carboxylic acids is 2. The maximum Gasteiger partial charge on any atom is 0.313 e. The summed E-state index contributed by atoms with van der Waals surface area (Å²) in [6.45, 7) is 4.44. The van der Waals surface area contributed by atoms with Crippen LogP contribution in [0.15, 0.2) is 48.5 Å². The van der Waals surface area contributed by atoms with E-state index in [0.717, 1.165) is 23.4 Å². The Morgan fingerprint density at radius 3 is 2.30 bits per heavy atom. The van der Waals surface area contributed by atoms with E-state index in [2.05, 4.69) is 10.2 Å². The van der Waals surface area contributed by atoms with Gasteiger partial charge in [0.1, 0.15) is 5.75 Å². The summed E-state index contributed by atoms with van der Waals surface area (Å²) >= 11 is 0. The number of piperazine rings is 1. The van der Waals surface area contributed by atoms with Crippen LogP contribution in [0, 0.1) is 0 Å². The number of carbonyl (C=O) groups is 2. The van der Waals surface area contributed by atoms with E-state index in [4.69, 9.17) is 4.74 Å². The summed E-state index contributed by atoms with van der Waals surface area (Å²) in [7, 11) is 1.64. The lowest BCUT2D eigenvalue weighted by Gasteiger charge is -2.35. The van der Waals surface area contributed by atoms with Crippen molar-refractivity contribution in [1.29, 1.82) is 0 Å². The van der Waals surface area contributed by atoms with Crippen molar-refractivity contribution in [3.05, 3.63) is 54.1 Å². The number of aryl methyl sites for hydroxylation is 1. The van der Waals surface area contributed by atoms with E-state index in [9.17, 15) is 9.59 Å². The molecule has 142 valence electrons. The summed E-state index contributed by atoms with van der Waals surface area (Å²) in [4.78, 5) is 28.7. The van der Waals surface area contributed by atoms with Gasteiger partial charge in [0.15, 0.2) is 0 Å². The van der Waals surface area contributed by atoms with Gasteiger partial charge in [-0.1, -0.05) is 25.1 Å². The number of nitrogens with zero attached hydrogens (tertiary/aromatic N) is 2. The molecule has 0 radical (unpaired) electrons. The van der Waals surface area contributed by atoms with Crippen LogP contribution < -0.4 is 15.0 Å². The normalized spacial score (nSPS) is 14.0. The maximum absolute atomic E-state index is 12.5. The SMILES string of the molecule is CCc1ccccc1NC(=O)C(=O)N1CCN(c2ccc(OC)cc2)CC1. The Morgan fingerprint density at radius 2 is 1.67 bits per heavy atom. The smallest absolute Gasteiger partial charge is 0.313 e. The molecule has 1 aliphatic rings. The zero-order valence-electron chi connectivity index (χ0n) is 15.8. The zero-order chi connectivity index (χ0) is 19.2. The van der Waals surface area contributed by atoms with Gasteiger partial charge in [0, 0.05) is 37.6 Å². The van der Waals surface area contributed by atoms with Crippen LogP contribution in [0.1, 0.15) is 12.5 Å². The van der Waals surface area contributed by atoms with Crippen LogP contribution in [0.2, 0.25) is 0 Å². The first-order valence-corrected chi connectivity index (χ1v) is 9.19. The van der Waals surface area contributed by atoms with Crippen molar-refractivity contribution < 1.29 is 14.3 Å². The van der Waals surface area contributed by atoms with E-state index in [1.165, 1.54) is 0 Å². The van der Waals surface area contributed by atoms with Crippen LogP contribution in [-0.4, -0.2) is 50.0 Å². The van der Waals surface area contributed by atoms with E-state index >= 15 is 0 Å². The molecule has 1 heterocycles. The van der Waals surface area contributed by atoms with Gasteiger partial charge in [-0.25, -0.2) is 0 Å². The number of hydrogen-bond donors (Lipinski definition) is 1. The van der Waals surface area contributed by atoms with Crippen molar-refractivity contribution in [1.82, 2.24) is 4.90 Å². The number of rotatable bonds is 4. The summed E-state index contributed by atoms with van der Waals surface area (Å²) in [5.74, 6) is -0.235. The molecule has 3 rings (SSSR count). The van der Waals surface area contributed by atoms with Crippen LogP contribution in [0.4, 0.5) is 11.4 Å². The van der Waals surface area contributed by atoms with Gasteiger partial charge in [0.2, 0.25) is 0 Å². The van der Waals surface area contributed by atoms with Crippen molar-refractivity contribution in [3.63, 3.8) is 0 Å². The summed E-state index contributed by atoms with van der Waals surface area (Å²) in [5, 5.41) is 2.76. The second-order valence-corrected chi connectivity index (χ2v) is 6.44. The molecule has 2 aromatic carbocycles. The second-order valence-electron chi connectivity index (χ2n) is 6.44. The average molecular weight is 367 g/mol. The van der Waals surface area contributed by atoms with Gasteiger partial charge in [0.05, 0.1) is 7.11 Å². The van der Waals surface area contributed by atoms with Gasteiger partial charge in [-0.15, -0.1) is 0 Å². The number of anilines is 2. The molecule has 1 aliphatic heterocycles. The Hall–Kier alpha value is -3.02. The molecule has 0 aliphatic carbocycles. The lowest BCUT2D eigenvalue weighted by atomic mass is 10.1. The van der Waals surface area contributed by atoms with Crippen LogP contribution >= 0.6 is 0 Å². The lowest BCUT2D eigenvalue weighted by Crippen LogP contribution is -2.51. The molecule has 0 saturated carbocycles. The number of ether oxygens (including phenoxy) is 1. The summed E-state index contributed by atoms with van der Waals surface area (Å²) < 4.78 is 5.18. The van der Waals surface area contributed by atoms with Gasteiger partial charge >= 0.3 is 11.8 Å². The highest BCUT2D eigenvalue weighted by atomic mass is 16.5. The molecule has 2 amide bonds. The molecule has 6 heteroatoms. The first-order chi connectivity index (χ1) is 13.1. The van der Waals surface area contributed by atoms with Gasteiger partial charge < -0.3 is 19.9 Å². The highest BCUT2D eigenvalue weighted by molar-refractivity contribution is 6.39. The van der Waals surface area contributed by atoms with Crippen molar-refractivity contribution in [3.8, 4) is 5.75 Å². The molecular formula is C21H25N3O3. The molecule has 0 bridgehead atoms. The Bertz CT molecular complexity index is 797. The lowest BCUT2D eigenvalue weighted by molar-refractivity contribution is -0.143. The quantitative estimate of drug-likeness (QED) is 0.844. The highest BCUT2D eigenvalue weighted by Gasteiger charge is 2.26. The van der Waals surface area contributed by atoms with Crippen molar-refractivity contribution >= 4 is 23.2 Å². The highest BCUT2D eigenvalue weighted by Crippen LogP contribution is 2.21. The fourth-order valence-electron chi connectivity index (χ4n) is 3.23. The van der Waals surface area contributed by atoms with E-state index in [1.54, 1.807) is 12.0 Å². The van der Waals surface area contributed by atoms with Crippen LogP contribution in [-0.2, 0) is 16.0 Å². The molecule has 6 nitrogen and oxygen atoms in total. The predicted octanol–water partition coefficient (Wildman–Crippen LogP) is 2.54. The third kappa shape index (κ3) is 4.39. The molecule has 0 atom stereocenters. The molecule has 0 aromatic heterocycles. The molecule has 2 aromatic rings. The Morgan fingerprint density at radius 1 is 1.00 bits per heavy atom. The molecule has 0 unspecified atom stereocenters. The summed E-state index contributed by atoms with van der Waals surface area (Å²) in [6, 6.07) is 15.4. The molecule has 1 saturated heterocycles. The van der Waals surface area contributed by atoms with Crippen LogP contribution in [0.25, 0.3) is 0 Å². The monoisotopic (exact) mass is 367 g/mol. The number of nitrogens with one attached hydrogen (secondary N) is 1. The van der Waals surface area contributed by atoms with Crippen molar-refractivity contribution in [2.45, 2.75) is 13.3 Å². The van der Waals surface area contributed by atoms with E-state index in [-0.39, 0.29) is 0 Å². The van der Waals surface area contributed by atoms with Crippen molar-refractivity contribution in [2.24, 2.45) is 0 Å². The Kier molecular flexibility index (Phi) is 5.96.